The Balaban J connectivity index is 2.18. The van der Waals surface area contributed by atoms with E-state index < -0.39 is 0 Å². The Morgan fingerprint density at radius 1 is 1.29 bits per heavy atom. The number of nitrogens with zero attached hydrogens (tertiary/aromatic N) is 3. The molecule has 1 aliphatic rings. The van der Waals surface area contributed by atoms with Gasteiger partial charge in [-0.15, -0.1) is 0 Å². The van der Waals surface area contributed by atoms with Gasteiger partial charge in [0.25, 0.3) is 0 Å². The molecule has 8 nitrogen and oxygen atoms in total. The number of ether oxygens (including phenoxy) is 1. The van der Waals surface area contributed by atoms with Crippen LogP contribution in [0.5, 0.6) is 6.01 Å². The Labute approximate surface area is 124 Å². The van der Waals surface area contributed by atoms with Gasteiger partial charge in [0.15, 0.2) is 0 Å². The monoisotopic (exact) mass is 296 g/mol. The molecular formula is C13H24N6O2. The molecule has 0 radical (unpaired) electrons. The molecule has 2 rings (SSSR count). The molecule has 1 heterocycles. The second-order valence-corrected chi connectivity index (χ2v) is 5.59. The molecule has 1 saturated carbocycles. The molecule has 0 saturated heterocycles. The first-order valence-electron chi connectivity index (χ1n) is 7.35. The van der Waals surface area contributed by atoms with Gasteiger partial charge in [-0.3, -0.25) is 5.43 Å². The van der Waals surface area contributed by atoms with Crippen molar-refractivity contribution in [3.05, 3.63) is 0 Å². The lowest BCUT2D eigenvalue weighted by atomic mass is 9.77. The minimum absolute atomic E-state index is 0.0424. The van der Waals surface area contributed by atoms with Crippen LogP contribution in [0.3, 0.4) is 0 Å². The number of hydrazine groups is 1. The average Bonchev–Trinajstić information content (AvgIpc) is 2.50. The number of aliphatic hydroxyl groups is 1. The standard InChI is InChI=1S/C13H24N6O2/c1-3-21-12-16-10(15-11(17-12)19-14)18-13(8-20)6-4-9(2)5-7-13/h9,20H,3-8,14H2,1-2H3,(H2,15,16,17,18,19). The first kappa shape index (κ1) is 15.7. The van der Waals surface area contributed by atoms with Gasteiger partial charge in [0.05, 0.1) is 18.8 Å². The fourth-order valence-electron chi connectivity index (χ4n) is 2.55. The van der Waals surface area contributed by atoms with E-state index in [1.807, 2.05) is 6.92 Å². The summed E-state index contributed by atoms with van der Waals surface area (Å²) in [6.07, 6.45) is 3.90. The number of aliphatic hydroxyl groups excluding tert-OH is 1. The molecule has 0 atom stereocenters. The summed E-state index contributed by atoms with van der Waals surface area (Å²) < 4.78 is 5.30. The predicted octanol–water partition coefficient (Wildman–Crippen LogP) is 0.909. The minimum Gasteiger partial charge on any atom is -0.464 e. The number of hydrogen-bond acceptors (Lipinski definition) is 8. The molecule has 0 unspecified atom stereocenters. The summed E-state index contributed by atoms with van der Waals surface area (Å²) >= 11 is 0. The topological polar surface area (TPSA) is 118 Å². The molecule has 1 aliphatic carbocycles. The summed E-state index contributed by atoms with van der Waals surface area (Å²) in [5.41, 5.74) is 2.01. The van der Waals surface area contributed by atoms with E-state index in [4.69, 9.17) is 10.6 Å². The SMILES string of the molecule is CCOc1nc(NN)nc(NC2(CO)CCC(C)CC2)n1. The zero-order valence-corrected chi connectivity index (χ0v) is 12.6. The number of anilines is 2. The van der Waals surface area contributed by atoms with Crippen LogP contribution in [0, 0.1) is 5.92 Å². The van der Waals surface area contributed by atoms with Gasteiger partial charge in [0.2, 0.25) is 11.9 Å². The zero-order valence-electron chi connectivity index (χ0n) is 12.6. The van der Waals surface area contributed by atoms with Crippen molar-refractivity contribution in [2.45, 2.75) is 45.1 Å². The van der Waals surface area contributed by atoms with Crippen molar-refractivity contribution in [2.24, 2.45) is 11.8 Å². The third kappa shape index (κ3) is 3.92. The highest BCUT2D eigenvalue weighted by Crippen LogP contribution is 2.33. The number of hydrogen-bond donors (Lipinski definition) is 4. The molecule has 1 fully saturated rings. The van der Waals surface area contributed by atoms with Crippen molar-refractivity contribution in [2.75, 3.05) is 24.0 Å². The first-order valence-corrected chi connectivity index (χ1v) is 7.35. The number of rotatable bonds is 6. The van der Waals surface area contributed by atoms with Crippen molar-refractivity contribution in [1.29, 1.82) is 0 Å². The summed E-state index contributed by atoms with van der Waals surface area (Å²) in [4.78, 5) is 12.4. The summed E-state index contributed by atoms with van der Waals surface area (Å²) in [7, 11) is 0. The van der Waals surface area contributed by atoms with Crippen LogP contribution < -0.4 is 21.3 Å². The van der Waals surface area contributed by atoms with Crippen LogP contribution in [0.15, 0.2) is 0 Å². The normalized spacial score (nSPS) is 25.4. The largest absolute Gasteiger partial charge is 0.464 e. The maximum absolute atomic E-state index is 9.78. The molecule has 5 N–H and O–H groups in total. The number of nitrogen functional groups attached to an aromatic ring is 1. The summed E-state index contributed by atoms with van der Waals surface area (Å²) in [5, 5.41) is 13.0. The Bertz CT molecular complexity index is 462. The highest BCUT2D eigenvalue weighted by atomic mass is 16.5. The zero-order chi connectivity index (χ0) is 15.3. The molecule has 0 bridgehead atoms. The van der Waals surface area contributed by atoms with Gasteiger partial charge in [-0.25, -0.2) is 5.84 Å². The maximum Gasteiger partial charge on any atom is 0.323 e. The summed E-state index contributed by atoms with van der Waals surface area (Å²) in [6, 6.07) is 0.209. The van der Waals surface area contributed by atoms with Gasteiger partial charge in [-0.2, -0.15) is 15.0 Å². The first-order chi connectivity index (χ1) is 10.1. The molecule has 0 aliphatic heterocycles. The molecule has 8 heteroatoms. The second kappa shape index (κ2) is 6.86. The molecule has 1 aromatic heterocycles. The third-order valence-corrected chi connectivity index (χ3v) is 3.93. The molecule has 0 amide bonds. The van der Waals surface area contributed by atoms with Gasteiger partial charge >= 0.3 is 6.01 Å². The van der Waals surface area contributed by atoms with Crippen LogP contribution in [0.25, 0.3) is 0 Å². The lowest BCUT2D eigenvalue weighted by Crippen LogP contribution is -2.45. The van der Waals surface area contributed by atoms with E-state index in [1.54, 1.807) is 0 Å². The van der Waals surface area contributed by atoms with E-state index in [2.05, 4.69) is 32.6 Å². The van der Waals surface area contributed by atoms with E-state index in [0.717, 1.165) is 25.7 Å². The van der Waals surface area contributed by atoms with E-state index in [9.17, 15) is 5.11 Å². The maximum atomic E-state index is 9.78. The fraction of sp³-hybridized carbons (Fsp3) is 0.769. The van der Waals surface area contributed by atoms with E-state index >= 15 is 0 Å². The van der Waals surface area contributed by atoms with Crippen molar-refractivity contribution in [1.82, 2.24) is 15.0 Å². The molecule has 118 valence electrons. The van der Waals surface area contributed by atoms with Crippen LogP contribution in [0.2, 0.25) is 0 Å². The van der Waals surface area contributed by atoms with Gasteiger partial charge in [0, 0.05) is 0 Å². The number of nitrogens with one attached hydrogen (secondary N) is 2. The average molecular weight is 296 g/mol. The second-order valence-electron chi connectivity index (χ2n) is 5.59. The fourth-order valence-corrected chi connectivity index (χ4v) is 2.55. The van der Waals surface area contributed by atoms with Crippen LogP contribution >= 0.6 is 0 Å². The summed E-state index contributed by atoms with van der Waals surface area (Å²) in [6.45, 7) is 4.58. The predicted molar refractivity (Wildman–Crippen MR) is 79.9 cm³/mol. The quantitative estimate of drug-likeness (QED) is 0.452. The van der Waals surface area contributed by atoms with Gasteiger partial charge in [-0.05, 0) is 38.5 Å². The van der Waals surface area contributed by atoms with Crippen LogP contribution in [-0.4, -0.2) is 38.8 Å². The Kier molecular flexibility index (Phi) is 5.13. The summed E-state index contributed by atoms with van der Waals surface area (Å²) in [5.74, 6) is 6.65. The smallest absolute Gasteiger partial charge is 0.323 e. The molecule has 0 spiro atoms. The van der Waals surface area contributed by atoms with E-state index in [0.29, 0.717) is 18.5 Å². The van der Waals surface area contributed by atoms with Crippen molar-refractivity contribution >= 4 is 11.9 Å². The highest BCUT2D eigenvalue weighted by molar-refractivity contribution is 5.37. The third-order valence-electron chi connectivity index (χ3n) is 3.93. The minimum atomic E-state index is -0.386. The Morgan fingerprint density at radius 2 is 1.95 bits per heavy atom. The van der Waals surface area contributed by atoms with E-state index in [1.165, 1.54) is 0 Å². The van der Waals surface area contributed by atoms with Gasteiger partial charge in [-0.1, -0.05) is 6.92 Å². The Morgan fingerprint density at radius 3 is 2.52 bits per heavy atom. The Hall–Kier alpha value is -1.67. The van der Waals surface area contributed by atoms with Crippen LogP contribution in [0.4, 0.5) is 11.9 Å². The van der Waals surface area contributed by atoms with Gasteiger partial charge < -0.3 is 15.2 Å². The lowest BCUT2D eigenvalue weighted by Gasteiger charge is -2.38. The number of aromatic nitrogens is 3. The van der Waals surface area contributed by atoms with Crippen LogP contribution in [0.1, 0.15) is 39.5 Å². The molecular weight excluding hydrogens is 272 g/mol. The highest BCUT2D eigenvalue weighted by Gasteiger charge is 2.34. The molecule has 1 aromatic rings. The van der Waals surface area contributed by atoms with Crippen LogP contribution in [-0.2, 0) is 0 Å². The van der Waals surface area contributed by atoms with Crippen molar-refractivity contribution in [3.63, 3.8) is 0 Å². The van der Waals surface area contributed by atoms with Gasteiger partial charge in [0.1, 0.15) is 0 Å². The van der Waals surface area contributed by atoms with E-state index in [-0.39, 0.29) is 24.1 Å². The van der Waals surface area contributed by atoms with Crippen molar-refractivity contribution < 1.29 is 9.84 Å². The molecule has 21 heavy (non-hydrogen) atoms. The molecule has 0 aromatic carbocycles. The number of nitrogens with two attached hydrogens (primary N) is 1. The lowest BCUT2D eigenvalue weighted by molar-refractivity contribution is 0.154. The van der Waals surface area contributed by atoms with Crippen molar-refractivity contribution in [3.8, 4) is 6.01 Å².